The molecule has 1 amide bonds. The predicted molar refractivity (Wildman–Crippen MR) is 95.6 cm³/mol. The molecule has 1 aromatic heterocycles. The van der Waals surface area contributed by atoms with Crippen molar-refractivity contribution in [3.05, 3.63) is 58.8 Å². The lowest BCUT2D eigenvalue weighted by molar-refractivity contribution is -0.131. The van der Waals surface area contributed by atoms with Gasteiger partial charge in [-0.2, -0.15) is 0 Å². The average molecular weight is 340 g/mol. The number of aryl methyl sites for hydroxylation is 1. The van der Waals surface area contributed by atoms with E-state index in [4.69, 9.17) is 9.47 Å². The number of amides is 1. The molecule has 0 spiro atoms. The third kappa shape index (κ3) is 4.37. The Kier molecular flexibility index (Phi) is 5.66. The van der Waals surface area contributed by atoms with E-state index in [9.17, 15) is 4.79 Å². The summed E-state index contributed by atoms with van der Waals surface area (Å²) < 4.78 is 10.5. The van der Waals surface area contributed by atoms with Gasteiger partial charge >= 0.3 is 0 Å². The van der Waals surface area contributed by atoms with Crippen LogP contribution in [0, 0.1) is 6.92 Å². The van der Waals surface area contributed by atoms with Crippen LogP contribution in [0.15, 0.2) is 36.4 Å². The first-order chi connectivity index (χ1) is 12.2. The van der Waals surface area contributed by atoms with E-state index in [1.54, 1.807) is 7.11 Å². The van der Waals surface area contributed by atoms with Crippen molar-refractivity contribution in [1.82, 2.24) is 9.88 Å². The lowest BCUT2D eigenvalue weighted by Gasteiger charge is -2.28. The summed E-state index contributed by atoms with van der Waals surface area (Å²) in [5.41, 5.74) is 4.38. The van der Waals surface area contributed by atoms with Crippen molar-refractivity contribution < 1.29 is 14.3 Å². The molecule has 1 aliphatic rings. The molecule has 0 unspecified atom stereocenters. The maximum Gasteiger partial charge on any atom is 0.227 e. The van der Waals surface area contributed by atoms with Crippen molar-refractivity contribution in [3.63, 3.8) is 0 Å². The molecule has 5 heteroatoms. The van der Waals surface area contributed by atoms with E-state index in [0.29, 0.717) is 38.6 Å². The second-order valence-corrected chi connectivity index (χ2v) is 6.27. The molecule has 0 bridgehead atoms. The maximum absolute atomic E-state index is 12.6. The maximum atomic E-state index is 12.6. The number of ether oxygens (including phenoxy) is 2. The number of methoxy groups -OCH3 is 1. The van der Waals surface area contributed by atoms with E-state index >= 15 is 0 Å². The Hall–Kier alpha value is -2.40. The van der Waals surface area contributed by atoms with E-state index in [-0.39, 0.29) is 5.91 Å². The molecule has 2 aromatic rings. The second-order valence-electron chi connectivity index (χ2n) is 6.27. The van der Waals surface area contributed by atoms with Crippen LogP contribution in [0.4, 0.5) is 0 Å². The van der Waals surface area contributed by atoms with Crippen molar-refractivity contribution in [2.75, 3.05) is 26.9 Å². The van der Waals surface area contributed by atoms with Gasteiger partial charge in [0.15, 0.2) is 0 Å². The van der Waals surface area contributed by atoms with Gasteiger partial charge in [-0.05, 0) is 23.6 Å². The van der Waals surface area contributed by atoms with Crippen molar-refractivity contribution in [1.29, 1.82) is 0 Å². The molecule has 0 atom stereocenters. The molecule has 0 N–H and O–H groups in total. The number of carbonyl (C=O) groups excluding carboxylic acids is 1. The standard InChI is InChI=1S/C20H24N2O3/c1-15-5-3-4-6-16(15)13-20(23)22-10-9-18-17(14-22)7-8-19(21-18)25-12-11-24-2/h3-8H,9-14H2,1-2H3. The molecule has 0 aliphatic carbocycles. The van der Waals surface area contributed by atoms with Gasteiger partial charge in [0.1, 0.15) is 6.61 Å². The van der Waals surface area contributed by atoms with Crippen LogP contribution in [0.1, 0.15) is 22.4 Å². The van der Waals surface area contributed by atoms with Gasteiger partial charge in [0.05, 0.1) is 18.7 Å². The van der Waals surface area contributed by atoms with E-state index in [1.165, 1.54) is 0 Å². The molecule has 0 fully saturated rings. The molecule has 25 heavy (non-hydrogen) atoms. The number of hydrogen-bond donors (Lipinski definition) is 0. The van der Waals surface area contributed by atoms with Crippen LogP contribution in [0.5, 0.6) is 5.88 Å². The Morgan fingerprint density at radius 1 is 1.20 bits per heavy atom. The van der Waals surface area contributed by atoms with Crippen LogP contribution >= 0.6 is 0 Å². The van der Waals surface area contributed by atoms with Gasteiger partial charge in [-0.15, -0.1) is 0 Å². The SMILES string of the molecule is COCCOc1ccc2c(n1)CCN(C(=O)Cc1ccccc1C)C2. The fourth-order valence-corrected chi connectivity index (χ4v) is 3.00. The van der Waals surface area contributed by atoms with Gasteiger partial charge in [-0.3, -0.25) is 4.79 Å². The van der Waals surface area contributed by atoms with Gasteiger partial charge in [-0.25, -0.2) is 4.98 Å². The highest BCUT2D eigenvalue weighted by molar-refractivity contribution is 5.79. The Bertz CT molecular complexity index is 745. The lowest BCUT2D eigenvalue weighted by atomic mass is 10.0. The summed E-state index contributed by atoms with van der Waals surface area (Å²) in [6.45, 7) is 4.39. The molecule has 0 radical (unpaired) electrons. The Labute approximate surface area is 148 Å². The summed E-state index contributed by atoms with van der Waals surface area (Å²) in [5.74, 6) is 0.788. The lowest BCUT2D eigenvalue weighted by Crippen LogP contribution is -2.37. The first-order valence-electron chi connectivity index (χ1n) is 8.60. The van der Waals surface area contributed by atoms with Gasteiger partial charge in [0.2, 0.25) is 11.8 Å². The number of carbonyl (C=O) groups is 1. The fourth-order valence-electron chi connectivity index (χ4n) is 3.00. The van der Waals surface area contributed by atoms with Crippen LogP contribution in [-0.4, -0.2) is 42.7 Å². The van der Waals surface area contributed by atoms with Gasteiger partial charge in [-0.1, -0.05) is 30.3 Å². The molecule has 2 heterocycles. The minimum atomic E-state index is 0.167. The molecular formula is C20H24N2O3. The van der Waals surface area contributed by atoms with Gasteiger partial charge < -0.3 is 14.4 Å². The minimum absolute atomic E-state index is 0.167. The van der Waals surface area contributed by atoms with Crippen molar-refractivity contribution in [2.45, 2.75) is 26.3 Å². The monoisotopic (exact) mass is 340 g/mol. The molecule has 3 rings (SSSR count). The number of pyridine rings is 1. The number of aromatic nitrogens is 1. The summed E-state index contributed by atoms with van der Waals surface area (Å²) in [4.78, 5) is 19.1. The number of nitrogens with zero attached hydrogens (tertiary/aromatic N) is 2. The first kappa shape index (κ1) is 17.4. The van der Waals surface area contributed by atoms with E-state index in [2.05, 4.69) is 4.98 Å². The fraction of sp³-hybridized carbons (Fsp3) is 0.400. The Morgan fingerprint density at radius 2 is 2.04 bits per heavy atom. The van der Waals surface area contributed by atoms with Crippen LogP contribution in [-0.2, 0) is 28.9 Å². The van der Waals surface area contributed by atoms with E-state index < -0.39 is 0 Å². The van der Waals surface area contributed by atoms with Gasteiger partial charge in [0, 0.05) is 32.7 Å². The molecule has 132 valence electrons. The number of fused-ring (bicyclic) bond motifs is 1. The Balaban J connectivity index is 1.63. The molecular weight excluding hydrogens is 316 g/mol. The highest BCUT2D eigenvalue weighted by atomic mass is 16.5. The zero-order valence-corrected chi connectivity index (χ0v) is 14.8. The first-order valence-corrected chi connectivity index (χ1v) is 8.60. The van der Waals surface area contributed by atoms with Crippen molar-refractivity contribution >= 4 is 5.91 Å². The summed E-state index contributed by atoms with van der Waals surface area (Å²) in [5, 5.41) is 0. The third-order valence-corrected chi connectivity index (χ3v) is 4.52. The second kappa shape index (κ2) is 8.12. The highest BCUT2D eigenvalue weighted by Crippen LogP contribution is 2.21. The van der Waals surface area contributed by atoms with Crippen LogP contribution in [0.2, 0.25) is 0 Å². The van der Waals surface area contributed by atoms with Crippen molar-refractivity contribution in [3.8, 4) is 5.88 Å². The molecule has 1 aliphatic heterocycles. The smallest absolute Gasteiger partial charge is 0.227 e. The third-order valence-electron chi connectivity index (χ3n) is 4.52. The van der Waals surface area contributed by atoms with Crippen molar-refractivity contribution in [2.24, 2.45) is 0 Å². The zero-order valence-electron chi connectivity index (χ0n) is 14.8. The topological polar surface area (TPSA) is 51.7 Å². The average Bonchev–Trinajstić information content (AvgIpc) is 2.63. The van der Waals surface area contributed by atoms with E-state index in [0.717, 1.165) is 28.8 Å². The number of benzene rings is 1. The largest absolute Gasteiger partial charge is 0.475 e. The molecule has 5 nitrogen and oxygen atoms in total. The molecule has 0 saturated carbocycles. The predicted octanol–water partition coefficient (Wildman–Crippen LogP) is 2.54. The minimum Gasteiger partial charge on any atom is -0.475 e. The molecule has 1 aromatic carbocycles. The molecule has 0 saturated heterocycles. The number of hydrogen-bond acceptors (Lipinski definition) is 4. The summed E-state index contributed by atoms with van der Waals surface area (Å²) >= 11 is 0. The summed E-state index contributed by atoms with van der Waals surface area (Å²) in [6.07, 6.45) is 1.21. The van der Waals surface area contributed by atoms with Crippen LogP contribution in [0.25, 0.3) is 0 Å². The van der Waals surface area contributed by atoms with Gasteiger partial charge in [0.25, 0.3) is 0 Å². The Morgan fingerprint density at radius 3 is 2.84 bits per heavy atom. The van der Waals surface area contributed by atoms with Crippen LogP contribution < -0.4 is 4.74 Å². The quantitative estimate of drug-likeness (QED) is 0.759. The number of rotatable bonds is 6. The highest BCUT2D eigenvalue weighted by Gasteiger charge is 2.22. The normalized spacial score (nSPS) is 13.4. The van der Waals surface area contributed by atoms with Crippen LogP contribution in [0.3, 0.4) is 0 Å². The summed E-state index contributed by atoms with van der Waals surface area (Å²) in [7, 11) is 1.65. The zero-order chi connectivity index (χ0) is 17.6. The summed E-state index contributed by atoms with van der Waals surface area (Å²) in [6, 6.07) is 11.9. The van der Waals surface area contributed by atoms with E-state index in [1.807, 2.05) is 48.2 Å².